The zero-order valence-electron chi connectivity index (χ0n) is 28.0. The molecule has 2 fully saturated rings. The summed E-state index contributed by atoms with van der Waals surface area (Å²) in [6.45, 7) is 18.7. The minimum absolute atomic E-state index is 0.0266. The molecule has 0 unspecified atom stereocenters. The predicted molar refractivity (Wildman–Crippen MR) is 175 cm³/mol. The fourth-order valence-corrected chi connectivity index (χ4v) is 10.0. The van der Waals surface area contributed by atoms with Gasteiger partial charge in [0.2, 0.25) is 5.91 Å². The molecule has 0 aromatic rings. The molecule has 7 heteroatoms. The van der Waals surface area contributed by atoms with Gasteiger partial charge in [0.05, 0.1) is 5.57 Å². The monoisotopic (exact) mass is 609 g/mol. The van der Waals surface area contributed by atoms with Gasteiger partial charge in [-0.05, 0) is 73.2 Å². The maximum atomic E-state index is 14.3. The summed E-state index contributed by atoms with van der Waals surface area (Å²) in [6, 6.07) is 2.18. The first-order valence-corrected chi connectivity index (χ1v) is 17.6. The maximum Gasteiger partial charge on any atom is 0.226 e. The molecule has 3 N–H and O–H groups in total. The van der Waals surface area contributed by atoms with Crippen molar-refractivity contribution in [2.24, 2.45) is 50.1 Å². The SMILES string of the molecule is CCC(C)(C)CC[C@]1(C(=O)NCCSCCN)CC[C@]2(C)[C@@H](C1)C(=O)C=C1[C@@]3(C)C=C(C#N)C(=O)C(C)(C)[C@@H]3CC[C@]12C. The highest BCUT2D eigenvalue weighted by Gasteiger charge is 2.67. The van der Waals surface area contributed by atoms with Crippen molar-refractivity contribution in [2.75, 3.05) is 24.6 Å². The van der Waals surface area contributed by atoms with Gasteiger partial charge in [-0.15, -0.1) is 0 Å². The van der Waals surface area contributed by atoms with Gasteiger partial charge in [-0.3, -0.25) is 14.4 Å². The number of allylic oxidation sites excluding steroid dienone is 4. The Labute approximate surface area is 264 Å². The minimum Gasteiger partial charge on any atom is -0.355 e. The molecule has 0 aromatic heterocycles. The van der Waals surface area contributed by atoms with Gasteiger partial charge < -0.3 is 11.1 Å². The van der Waals surface area contributed by atoms with E-state index in [1.807, 2.05) is 26.0 Å². The summed E-state index contributed by atoms with van der Waals surface area (Å²) in [7, 11) is 0. The van der Waals surface area contributed by atoms with Crippen molar-refractivity contribution in [2.45, 2.75) is 107 Å². The molecule has 4 rings (SSSR count). The molecule has 6 atom stereocenters. The number of fused-ring (bicyclic) bond motifs is 5. The number of nitrogens with zero attached hydrogens (tertiary/aromatic N) is 1. The molecule has 4 aliphatic rings. The molecule has 6 nitrogen and oxygen atoms in total. The normalized spacial score (nSPS) is 36.8. The van der Waals surface area contributed by atoms with Crippen LogP contribution in [-0.2, 0) is 14.4 Å². The van der Waals surface area contributed by atoms with Gasteiger partial charge in [0.25, 0.3) is 0 Å². The smallest absolute Gasteiger partial charge is 0.226 e. The number of hydrogen-bond acceptors (Lipinski definition) is 6. The topological polar surface area (TPSA) is 113 Å². The molecule has 0 saturated heterocycles. The Hall–Kier alpha value is -1.91. The van der Waals surface area contributed by atoms with Crippen LogP contribution in [0.1, 0.15) is 107 Å². The van der Waals surface area contributed by atoms with E-state index < -0.39 is 16.2 Å². The molecule has 0 heterocycles. The van der Waals surface area contributed by atoms with Gasteiger partial charge >= 0.3 is 0 Å². The fourth-order valence-electron chi connectivity index (χ4n) is 9.42. The molecule has 1 amide bonds. The van der Waals surface area contributed by atoms with Gasteiger partial charge in [0.15, 0.2) is 11.6 Å². The van der Waals surface area contributed by atoms with Gasteiger partial charge in [-0.1, -0.05) is 73.5 Å². The summed E-state index contributed by atoms with van der Waals surface area (Å²) in [5.41, 5.74) is 4.72. The van der Waals surface area contributed by atoms with Crippen molar-refractivity contribution >= 4 is 29.2 Å². The second-order valence-corrected chi connectivity index (χ2v) is 17.2. The largest absolute Gasteiger partial charge is 0.355 e. The lowest BCUT2D eigenvalue weighted by atomic mass is 9.36. The molecule has 238 valence electrons. The van der Waals surface area contributed by atoms with Gasteiger partial charge in [0.1, 0.15) is 6.07 Å². The van der Waals surface area contributed by atoms with Crippen LogP contribution in [0.4, 0.5) is 0 Å². The molecule has 0 bridgehead atoms. The Kier molecular flexibility index (Phi) is 9.31. The third-order valence-corrected chi connectivity index (χ3v) is 14.0. The highest BCUT2D eigenvalue weighted by molar-refractivity contribution is 7.99. The van der Waals surface area contributed by atoms with Crippen LogP contribution >= 0.6 is 11.8 Å². The number of thioether (sulfide) groups is 1. The average Bonchev–Trinajstić information content (AvgIpc) is 2.95. The lowest BCUT2D eigenvalue weighted by molar-refractivity contribution is -0.154. The zero-order valence-corrected chi connectivity index (χ0v) is 28.8. The second-order valence-electron chi connectivity index (χ2n) is 16.0. The number of nitriles is 1. The molecule has 4 aliphatic carbocycles. The Bertz CT molecular complexity index is 1260. The quantitative estimate of drug-likeness (QED) is 0.264. The number of Topliss-reactive ketones (excluding diaryl/α,β-unsaturated/α-hetero) is 1. The molecule has 0 aromatic carbocycles. The van der Waals surface area contributed by atoms with Crippen LogP contribution in [0.15, 0.2) is 23.3 Å². The standard InChI is InChI=1S/C36H55N3O3S/c1-9-31(2,3)12-14-36(30(42)39-17-19-43-18-16-37)15-13-34(7)25(22-36)26(40)20-28-33(6)21-24(23-38)29(41)32(4,5)27(33)10-11-35(28,34)8/h20-21,25,27H,9-19,22,37H2,1-8H3,(H,39,42)/t25-,27-,33-,34+,35+,36-/m0/s1. The van der Waals surface area contributed by atoms with E-state index in [4.69, 9.17) is 5.73 Å². The van der Waals surface area contributed by atoms with Crippen molar-refractivity contribution in [3.8, 4) is 6.07 Å². The maximum absolute atomic E-state index is 14.3. The Morgan fingerprint density at radius 3 is 2.47 bits per heavy atom. The summed E-state index contributed by atoms with van der Waals surface area (Å²) >= 11 is 1.75. The Morgan fingerprint density at radius 2 is 1.84 bits per heavy atom. The average molecular weight is 610 g/mol. The van der Waals surface area contributed by atoms with Crippen LogP contribution in [-0.4, -0.2) is 42.1 Å². The molecular weight excluding hydrogens is 554 g/mol. The summed E-state index contributed by atoms with van der Waals surface area (Å²) in [5, 5.41) is 13.2. The van der Waals surface area contributed by atoms with Crippen LogP contribution in [0.2, 0.25) is 0 Å². The van der Waals surface area contributed by atoms with Crippen LogP contribution in [0.5, 0.6) is 0 Å². The molecule has 0 spiro atoms. The van der Waals surface area contributed by atoms with Crippen molar-refractivity contribution < 1.29 is 14.4 Å². The first-order valence-electron chi connectivity index (χ1n) is 16.5. The third kappa shape index (κ3) is 5.47. The van der Waals surface area contributed by atoms with E-state index >= 15 is 0 Å². The molecule has 2 saturated carbocycles. The van der Waals surface area contributed by atoms with Crippen LogP contribution in [0, 0.1) is 55.7 Å². The number of carbonyl (C=O) groups excluding carboxylic acids is 3. The number of nitrogens with one attached hydrogen (secondary N) is 1. The van der Waals surface area contributed by atoms with Crippen LogP contribution in [0.25, 0.3) is 0 Å². The Balaban J connectivity index is 1.73. The van der Waals surface area contributed by atoms with E-state index in [2.05, 4.69) is 52.9 Å². The van der Waals surface area contributed by atoms with Crippen molar-refractivity contribution in [1.29, 1.82) is 5.26 Å². The van der Waals surface area contributed by atoms with Crippen molar-refractivity contribution in [1.82, 2.24) is 5.32 Å². The molecular formula is C36H55N3O3S. The van der Waals surface area contributed by atoms with E-state index in [1.54, 1.807) is 11.8 Å². The third-order valence-electron chi connectivity index (χ3n) is 13.0. The van der Waals surface area contributed by atoms with Gasteiger partial charge in [-0.25, -0.2) is 0 Å². The van der Waals surface area contributed by atoms with E-state index in [1.165, 1.54) is 0 Å². The van der Waals surface area contributed by atoms with Crippen LogP contribution in [0.3, 0.4) is 0 Å². The van der Waals surface area contributed by atoms with Crippen LogP contribution < -0.4 is 11.1 Å². The first kappa shape index (κ1) is 34.0. The number of amides is 1. The predicted octanol–water partition coefficient (Wildman–Crippen LogP) is 6.79. The Morgan fingerprint density at radius 1 is 1.14 bits per heavy atom. The molecule has 43 heavy (non-hydrogen) atoms. The highest BCUT2D eigenvalue weighted by atomic mass is 32.2. The van der Waals surface area contributed by atoms with E-state index in [0.29, 0.717) is 19.5 Å². The van der Waals surface area contributed by atoms with E-state index in [9.17, 15) is 19.6 Å². The number of hydrogen-bond donors (Lipinski definition) is 2. The number of rotatable bonds is 10. The number of nitrogens with two attached hydrogens (primary N) is 1. The van der Waals surface area contributed by atoms with Crippen molar-refractivity contribution in [3.63, 3.8) is 0 Å². The summed E-state index contributed by atoms with van der Waals surface area (Å²) in [5.74, 6) is 1.63. The molecule has 0 radical (unpaired) electrons. The highest BCUT2D eigenvalue weighted by Crippen LogP contribution is 2.72. The van der Waals surface area contributed by atoms with Crippen molar-refractivity contribution in [3.05, 3.63) is 23.3 Å². The summed E-state index contributed by atoms with van der Waals surface area (Å²) in [4.78, 5) is 41.7. The van der Waals surface area contributed by atoms with E-state index in [-0.39, 0.29) is 51.1 Å². The van der Waals surface area contributed by atoms with Gasteiger partial charge in [0, 0.05) is 46.8 Å². The second kappa shape index (κ2) is 11.8. The minimum atomic E-state index is -0.675. The number of carbonyl (C=O) groups is 3. The lowest BCUT2D eigenvalue weighted by Gasteiger charge is -2.66. The zero-order chi connectivity index (χ0) is 32.1. The fraction of sp³-hybridized carbons (Fsp3) is 0.778. The summed E-state index contributed by atoms with van der Waals surface area (Å²) in [6.07, 6.45) is 10.5. The van der Waals surface area contributed by atoms with E-state index in [0.717, 1.165) is 62.0 Å². The van der Waals surface area contributed by atoms with Gasteiger partial charge in [-0.2, -0.15) is 17.0 Å². The summed E-state index contributed by atoms with van der Waals surface area (Å²) < 4.78 is 0. The lowest BCUT2D eigenvalue weighted by Crippen LogP contribution is -2.62. The number of ketones is 2. The first-order chi connectivity index (χ1) is 20.0. The molecule has 0 aliphatic heterocycles.